The van der Waals surface area contributed by atoms with Crippen LogP contribution in [0.15, 0.2) is 64.6 Å². The monoisotopic (exact) mass is 592 g/mol. The van der Waals surface area contributed by atoms with Crippen LogP contribution in [0, 0.1) is 0 Å². The van der Waals surface area contributed by atoms with Gasteiger partial charge in [0.25, 0.3) is 0 Å². The van der Waals surface area contributed by atoms with Gasteiger partial charge in [0.2, 0.25) is 5.78 Å². The Morgan fingerprint density at radius 3 is 2.24 bits per heavy atom. The van der Waals surface area contributed by atoms with Crippen molar-refractivity contribution in [2.24, 2.45) is 0 Å². The molecule has 15 heteroatoms. The molecule has 6 aromatic rings. The first-order chi connectivity index (χ1) is 15.8. The smallest absolute Gasteiger partial charge is 0.235 e. The number of nitrogens with two attached hydrogens (primary N) is 3. The topological polar surface area (TPSA) is 169 Å². The van der Waals surface area contributed by atoms with Gasteiger partial charge in [-0.3, -0.25) is 4.40 Å². The number of nitrogen functional groups attached to an aromatic ring is 3. The second kappa shape index (κ2) is 9.56. The van der Waals surface area contributed by atoms with Gasteiger partial charge in [0.15, 0.2) is 11.3 Å². The zero-order valence-corrected chi connectivity index (χ0v) is 20.5. The van der Waals surface area contributed by atoms with Crippen LogP contribution in [0.4, 0.5) is 17.5 Å². The maximum absolute atomic E-state index is 5.63. The minimum atomic E-state index is 0.426. The Morgan fingerprint density at radius 1 is 0.727 bits per heavy atom. The van der Waals surface area contributed by atoms with Gasteiger partial charge in [0.05, 0.1) is 29.3 Å². The first kappa shape index (κ1) is 22.7. The summed E-state index contributed by atoms with van der Waals surface area (Å²) in [5, 5.41) is 4.36. The molecule has 6 N–H and O–H groups in total. The van der Waals surface area contributed by atoms with Crippen molar-refractivity contribution in [3.8, 4) is 0 Å². The first-order valence-electron chi connectivity index (χ1n) is 9.06. The molecule has 0 aliphatic carbocycles. The van der Waals surface area contributed by atoms with Crippen molar-refractivity contribution in [1.82, 2.24) is 43.3 Å². The Balaban J connectivity index is 0.000000118. The number of rotatable bonds is 0. The molecule has 0 fully saturated rings. The zero-order valence-electron chi connectivity index (χ0n) is 16.6. The van der Waals surface area contributed by atoms with Crippen LogP contribution in [-0.4, -0.2) is 43.3 Å². The highest BCUT2D eigenvalue weighted by Gasteiger charge is 1.99. The molecule has 6 aromatic heterocycles. The van der Waals surface area contributed by atoms with Crippen LogP contribution in [0.3, 0.4) is 0 Å². The van der Waals surface area contributed by atoms with Gasteiger partial charge in [-0.05, 0) is 44.0 Å². The molecule has 0 radical (unpaired) electrons. The van der Waals surface area contributed by atoms with Crippen molar-refractivity contribution >= 4 is 78.0 Å². The van der Waals surface area contributed by atoms with Gasteiger partial charge in [-0.15, -0.1) is 0 Å². The van der Waals surface area contributed by atoms with E-state index in [4.69, 9.17) is 28.8 Å². The SMILES string of the molecule is Nc1cn2cc(Br)cnc2n1.Nc1cn2cc(Br)ncc2n1.Nc1cn2nc(Cl)ccc2n1. The molecule has 0 spiro atoms. The molecule has 0 bridgehead atoms. The first-order valence-corrected chi connectivity index (χ1v) is 11.0. The molecule has 0 aromatic carbocycles. The van der Waals surface area contributed by atoms with Crippen LogP contribution in [-0.2, 0) is 0 Å². The maximum atomic E-state index is 5.63. The average molecular weight is 595 g/mol. The minimum Gasteiger partial charge on any atom is -0.382 e. The summed E-state index contributed by atoms with van der Waals surface area (Å²) in [6.07, 6.45) is 12.1. The molecular weight excluding hydrogens is 580 g/mol. The van der Waals surface area contributed by atoms with Crippen LogP contribution in [0.5, 0.6) is 0 Å². The van der Waals surface area contributed by atoms with E-state index in [9.17, 15) is 0 Å². The normalized spacial score (nSPS) is 10.6. The van der Waals surface area contributed by atoms with Crippen LogP contribution < -0.4 is 17.2 Å². The van der Waals surface area contributed by atoms with E-state index in [1.54, 1.807) is 53.7 Å². The van der Waals surface area contributed by atoms with E-state index in [0.717, 1.165) is 14.7 Å². The number of anilines is 3. The molecule has 33 heavy (non-hydrogen) atoms. The lowest BCUT2D eigenvalue weighted by atomic mass is 10.6. The van der Waals surface area contributed by atoms with Crippen LogP contribution in [0.2, 0.25) is 5.15 Å². The Morgan fingerprint density at radius 2 is 1.42 bits per heavy atom. The van der Waals surface area contributed by atoms with Crippen LogP contribution in [0.25, 0.3) is 17.1 Å². The molecule has 0 unspecified atom stereocenters. The fraction of sp³-hybridized carbons (Fsp3) is 0. The Labute approximate surface area is 207 Å². The fourth-order valence-electron chi connectivity index (χ4n) is 2.65. The lowest BCUT2D eigenvalue weighted by Crippen LogP contribution is -1.88. The summed E-state index contributed by atoms with van der Waals surface area (Å²) < 4.78 is 6.79. The van der Waals surface area contributed by atoms with E-state index in [0.29, 0.717) is 34.0 Å². The second-order valence-corrected chi connectivity index (χ2v) is 8.53. The van der Waals surface area contributed by atoms with Gasteiger partial charge in [0, 0.05) is 18.6 Å². The van der Waals surface area contributed by atoms with Gasteiger partial charge < -0.3 is 21.6 Å². The molecule has 12 nitrogen and oxygen atoms in total. The second-order valence-electron chi connectivity index (χ2n) is 6.41. The van der Waals surface area contributed by atoms with Crippen LogP contribution in [0.1, 0.15) is 0 Å². The Hall–Kier alpha value is -3.49. The number of fused-ring (bicyclic) bond motifs is 3. The number of hydrogen-bond acceptors (Lipinski definition) is 9. The average Bonchev–Trinajstić information content (AvgIpc) is 3.41. The highest BCUT2D eigenvalue weighted by atomic mass is 79.9. The van der Waals surface area contributed by atoms with E-state index in [1.165, 1.54) is 4.52 Å². The third kappa shape index (κ3) is 5.66. The van der Waals surface area contributed by atoms with E-state index >= 15 is 0 Å². The lowest BCUT2D eigenvalue weighted by Gasteiger charge is -1.90. The summed E-state index contributed by atoms with van der Waals surface area (Å²) in [6.45, 7) is 0. The summed E-state index contributed by atoms with van der Waals surface area (Å²) in [5.74, 6) is 2.05. The van der Waals surface area contributed by atoms with Crippen molar-refractivity contribution in [3.63, 3.8) is 0 Å². The third-order valence-corrected chi connectivity index (χ3v) is 4.95. The van der Waals surface area contributed by atoms with Crippen molar-refractivity contribution in [1.29, 1.82) is 0 Å². The molecule has 0 amide bonds. The van der Waals surface area contributed by atoms with E-state index in [1.807, 2.05) is 10.6 Å². The van der Waals surface area contributed by atoms with Crippen molar-refractivity contribution in [3.05, 3.63) is 69.7 Å². The standard InChI is InChI=1S/2C6H5BrN4.C6H5ClN4/c7-4-2-11-3-5(8)10-6(11)1-9-4;7-4-1-9-6-10-5(8)3-11(6)2-4;7-4-1-2-6-9-5(8)3-11(6)10-4/h3*1-3H,8H2. The quantitative estimate of drug-likeness (QED) is 0.239. The molecule has 168 valence electrons. The lowest BCUT2D eigenvalue weighted by molar-refractivity contribution is 0.937. The maximum Gasteiger partial charge on any atom is 0.235 e. The van der Waals surface area contributed by atoms with E-state index in [2.05, 4.69) is 61.9 Å². The van der Waals surface area contributed by atoms with Gasteiger partial charge in [-0.25, -0.2) is 24.5 Å². The Bertz CT molecular complexity index is 1370. The molecule has 0 aliphatic heterocycles. The fourth-order valence-corrected chi connectivity index (χ4v) is 3.44. The molecule has 0 saturated heterocycles. The third-order valence-electron chi connectivity index (χ3n) is 3.93. The minimum absolute atomic E-state index is 0.426. The summed E-state index contributed by atoms with van der Waals surface area (Å²) >= 11 is 12.2. The Kier molecular flexibility index (Phi) is 6.57. The van der Waals surface area contributed by atoms with Gasteiger partial charge in [-0.1, -0.05) is 11.6 Å². The van der Waals surface area contributed by atoms with Crippen molar-refractivity contribution < 1.29 is 0 Å². The predicted molar refractivity (Wildman–Crippen MR) is 133 cm³/mol. The summed E-state index contributed by atoms with van der Waals surface area (Å²) in [5.41, 5.74) is 17.8. The van der Waals surface area contributed by atoms with Crippen molar-refractivity contribution in [2.75, 3.05) is 17.2 Å². The van der Waals surface area contributed by atoms with Gasteiger partial charge in [-0.2, -0.15) is 10.1 Å². The summed E-state index contributed by atoms with van der Waals surface area (Å²) in [6, 6.07) is 3.43. The highest BCUT2D eigenvalue weighted by molar-refractivity contribution is 9.10. The molecule has 6 heterocycles. The number of hydrogen-bond donors (Lipinski definition) is 3. The number of halogens is 3. The molecule has 0 aliphatic rings. The molecule has 0 atom stereocenters. The summed E-state index contributed by atoms with van der Waals surface area (Å²) in [7, 11) is 0. The molecule has 0 saturated carbocycles. The largest absolute Gasteiger partial charge is 0.382 e. The molecule has 6 rings (SSSR count). The number of imidazole rings is 3. The van der Waals surface area contributed by atoms with Crippen molar-refractivity contribution in [2.45, 2.75) is 0 Å². The van der Waals surface area contributed by atoms with E-state index in [-0.39, 0.29) is 0 Å². The highest BCUT2D eigenvalue weighted by Crippen LogP contribution is 2.11. The number of aromatic nitrogens is 9. The zero-order chi connectivity index (χ0) is 23.5. The predicted octanol–water partition coefficient (Wildman–Crippen LogP) is 3.11. The summed E-state index contributed by atoms with van der Waals surface area (Å²) in [4.78, 5) is 20.0. The van der Waals surface area contributed by atoms with Gasteiger partial charge >= 0.3 is 0 Å². The van der Waals surface area contributed by atoms with Gasteiger partial charge in [0.1, 0.15) is 27.2 Å². The van der Waals surface area contributed by atoms with Crippen LogP contribution >= 0.6 is 43.5 Å². The number of nitrogens with zero attached hydrogens (tertiary/aromatic N) is 9. The van der Waals surface area contributed by atoms with E-state index < -0.39 is 0 Å². The molecular formula is C18H15Br2ClN12.